The van der Waals surface area contributed by atoms with Gasteiger partial charge in [0.05, 0.1) is 0 Å². The molecule has 0 aliphatic carbocycles. The molecule has 0 saturated carbocycles. The number of para-hydroxylation sites is 1. The Morgan fingerprint density at radius 3 is 2.81 bits per heavy atom. The van der Waals surface area contributed by atoms with Crippen molar-refractivity contribution in [2.24, 2.45) is 0 Å². The van der Waals surface area contributed by atoms with E-state index in [1.165, 1.54) is 19.3 Å². The lowest BCUT2D eigenvalue weighted by atomic mass is 9.87. The summed E-state index contributed by atoms with van der Waals surface area (Å²) < 4.78 is 11.1. The highest BCUT2D eigenvalue weighted by Gasteiger charge is 2.24. The number of likely N-dealkylation sites (tertiary alicyclic amines) is 1. The Kier molecular flexibility index (Phi) is 5.80. The molecule has 1 amide bonds. The smallest absolute Gasteiger partial charge is 0.231 e. The summed E-state index contributed by atoms with van der Waals surface area (Å²) in [6.45, 7) is 4.15. The van der Waals surface area contributed by atoms with Crippen molar-refractivity contribution in [2.45, 2.75) is 31.6 Å². The number of aromatic amines is 1. The third-order valence-electron chi connectivity index (χ3n) is 6.38. The van der Waals surface area contributed by atoms with E-state index in [4.69, 9.17) is 9.47 Å². The summed E-state index contributed by atoms with van der Waals surface area (Å²) in [5.74, 6) is 1.51. The molecule has 1 atom stereocenters. The fourth-order valence-electron chi connectivity index (χ4n) is 4.71. The van der Waals surface area contributed by atoms with Crippen molar-refractivity contribution >= 4 is 16.8 Å². The highest BCUT2D eigenvalue weighted by molar-refractivity contribution is 5.86. The average Bonchev–Trinajstić information content (AvgIpc) is 3.45. The number of fused-ring (bicyclic) bond motifs is 2. The van der Waals surface area contributed by atoms with Crippen LogP contribution in [-0.2, 0) is 4.79 Å². The zero-order chi connectivity index (χ0) is 21.0. The van der Waals surface area contributed by atoms with Crippen LogP contribution in [0.2, 0.25) is 0 Å². The lowest BCUT2D eigenvalue weighted by Crippen LogP contribution is -2.38. The molecule has 0 unspecified atom stereocenters. The number of benzene rings is 2. The Bertz CT molecular complexity index is 1060. The van der Waals surface area contributed by atoms with Gasteiger partial charge in [-0.3, -0.25) is 4.79 Å². The number of aromatic nitrogens is 1. The zero-order valence-corrected chi connectivity index (χ0v) is 17.7. The number of carbonyl (C=O) groups excluding carboxylic acids is 1. The first-order chi connectivity index (χ1) is 15.3. The molecule has 162 valence electrons. The van der Waals surface area contributed by atoms with Gasteiger partial charge < -0.3 is 24.7 Å². The lowest BCUT2D eigenvalue weighted by molar-refractivity contribution is -0.121. The van der Waals surface area contributed by atoms with Gasteiger partial charge in [-0.25, -0.2) is 0 Å². The molecule has 6 nitrogen and oxygen atoms in total. The van der Waals surface area contributed by atoms with E-state index in [1.807, 2.05) is 36.5 Å². The Morgan fingerprint density at radius 1 is 1.06 bits per heavy atom. The lowest BCUT2D eigenvalue weighted by Gasteiger charge is -2.26. The van der Waals surface area contributed by atoms with Crippen molar-refractivity contribution in [2.75, 3.05) is 33.0 Å². The van der Waals surface area contributed by atoms with Crippen LogP contribution < -0.4 is 14.8 Å². The Morgan fingerprint density at radius 2 is 1.90 bits per heavy atom. The number of rotatable bonds is 7. The molecule has 3 aromatic rings. The summed E-state index contributed by atoms with van der Waals surface area (Å²) in [7, 11) is 0. The van der Waals surface area contributed by atoms with Gasteiger partial charge in [-0.15, -0.1) is 0 Å². The van der Waals surface area contributed by atoms with E-state index in [0.717, 1.165) is 53.2 Å². The summed E-state index contributed by atoms with van der Waals surface area (Å²) in [5.41, 5.74) is 3.26. The van der Waals surface area contributed by atoms with Gasteiger partial charge >= 0.3 is 0 Å². The van der Waals surface area contributed by atoms with E-state index in [9.17, 15) is 4.79 Å². The van der Waals surface area contributed by atoms with Crippen LogP contribution in [0.5, 0.6) is 11.5 Å². The quantitative estimate of drug-likeness (QED) is 0.607. The number of amides is 1. The number of ether oxygens (including phenoxy) is 2. The van der Waals surface area contributed by atoms with Crippen LogP contribution in [0, 0.1) is 0 Å². The number of hydrogen-bond donors (Lipinski definition) is 2. The van der Waals surface area contributed by atoms with Crippen LogP contribution in [0.1, 0.15) is 42.7 Å². The summed E-state index contributed by atoms with van der Waals surface area (Å²) in [5, 5.41) is 4.29. The van der Waals surface area contributed by atoms with Crippen molar-refractivity contribution in [3.8, 4) is 11.5 Å². The molecule has 1 saturated heterocycles. The first-order valence-electron chi connectivity index (χ1n) is 11.2. The maximum atomic E-state index is 12.9. The van der Waals surface area contributed by atoms with E-state index in [0.29, 0.717) is 13.0 Å². The number of nitrogens with one attached hydrogen (secondary N) is 2. The number of piperidine rings is 1. The molecular weight excluding hydrogens is 390 g/mol. The number of H-pyrrole nitrogens is 1. The molecular formula is C25H29N3O3. The molecule has 5 rings (SSSR count). The molecule has 1 fully saturated rings. The topological polar surface area (TPSA) is 66.6 Å². The molecule has 0 radical (unpaired) electrons. The monoisotopic (exact) mass is 419 g/mol. The van der Waals surface area contributed by atoms with Crippen LogP contribution in [0.4, 0.5) is 0 Å². The Hall–Kier alpha value is -2.99. The van der Waals surface area contributed by atoms with Gasteiger partial charge in [0.25, 0.3) is 0 Å². The molecule has 31 heavy (non-hydrogen) atoms. The number of carbonyl (C=O) groups is 1. The minimum Gasteiger partial charge on any atom is -0.454 e. The van der Waals surface area contributed by atoms with Gasteiger partial charge in [0.2, 0.25) is 12.7 Å². The average molecular weight is 420 g/mol. The molecule has 3 heterocycles. The summed E-state index contributed by atoms with van der Waals surface area (Å²) >= 11 is 0. The molecule has 2 N–H and O–H groups in total. The van der Waals surface area contributed by atoms with E-state index in [2.05, 4.69) is 27.3 Å². The predicted molar refractivity (Wildman–Crippen MR) is 121 cm³/mol. The summed E-state index contributed by atoms with van der Waals surface area (Å²) in [6.07, 6.45) is 6.27. The van der Waals surface area contributed by atoms with Crippen LogP contribution in [0.25, 0.3) is 10.9 Å². The van der Waals surface area contributed by atoms with Crippen molar-refractivity contribution < 1.29 is 14.3 Å². The standard InChI is InChI=1S/C25H29N3O3/c29-25(26-10-13-28-11-4-1-5-12-28)15-20(18-8-9-23-24(14-18)31-17-30-23)21-16-27-22-7-3-2-6-19(21)22/h2-3,6-9,14,16,20,27H,1,4-5,10-13,15,17H2,(H,26,29)/t20-/m1/s1. The third kappa shape index (κ3) is 4.39. The van der Waals surface area contributed by atoms with Gasteiger partial charge in [0, 0.05) is 42.5 Å². The predicted octanol–water partition coefficient (Wildman–Crippen LogP) is 4.02. The van der Waals surface area contributed by atoms with E-state index in [-0.39, 0.29) is 18.6 Å². The van der Waals surface area contributed by atoms with Crippen molar-refractivity contribution in [1.29, 1.82) is 0 Å². The minimum absolute atomic E-state index is 0.0689. The van der Waals surface area contributed by atoms with Crippen LogP contribution in [0.15, 0.2) is 48.7 Å². The van der Waals surface area contributed by atoms with Crippen LogP contribution >= 0.6 is 0 Å². The normalized spacial score (nSPS) is 17.0. The fraction of sp³-hybridized carbons (Fsp3) is 0.400. The molecule has 2 aliphatic heterocycles. The van der Waals surface area contributed by atoms with Crippen molar-refractivity contribution in [3.05, 3.63) is 59.8 Å². The Labute approximate surface area is 182 Å². The molecule has 2 aliphatic rings. The Balaban J connectivity index is 1.34. The van der Waals surface area contributed by atoms with Gasteiger partial charge in [0.15, 0.2) is 11.5 Å². The van der Waals surface area contributed by atoms with Crippen molar-refractivity contribution in [1.82, 2.24) is 15.2 Å². The second-order valence-corrected chi connectivity index (χ2v) is 8.41. The maximum Gasteiger partial charge on any atom is 0.231 e. The molecule has 2 aromatic carbocycles. The molecule has 1 aromatic heterocycles. The first-order valence-corrected chi connectivity index (χ1v) is 11.2. The van der Waals surface area contributed by atoms with Crippen LogP contribution in [-0.4, -0.2) is 48.8 Å². The fourth-order valence-corrected chi connectivity index (χ4v) is 4.71. The highest BCUT2D eigenvalue weighted by Crippen LogP contribution is 2.39. The summed E-state index contributed by atoms with van der Waals surface area (Å²) in [6, 6.07) is 14.2. The first kappa shape index (κ1) is 19.9. The van der Waals surface area contributed by atoms with E-state index >= 15 is 0 Å². The highest BCUT2D eigenvalue weighted by atomic mass is 16.7. The van der Waals surface area contributed by atoms with E-state index < -0.39 is 0 Å². The number of hydrogen-bond acceptors (Lipinski definition) is 4. The molecule has 0 bridgehead atoms. The second kappa shape index (κ2) is 9.02. The maximum absolute atomic E-state index is 12.9. The molecule has 6 heteroatoms. The van der Waals surface area contributed by atoms with Crippen LogP contribution in [0.3, 0.4) is 0 Å². The molecule has 0 spiro atoms. The van der Waals surface area contributed by atoms with Gasteiger partial charge in [-0.2, -0.15) is 0 Å². The minimum atomic E-state index is -0.0689. The third-order valence-corrected chi connectivity index (χ3v) is 6.38. The van der Waals surface area contributed by atoms with E-state index in [1.54, 1.807) is 0 Å². The summed E-state index contributed by atoms with van der Waals surface area (Å²) in [4.78, 5) is 18.7. The largest absolute Gasteiger partial charge is 0.454 e. The van der Waals surface area contributed by atoms with Crippen molar-refractivity contribution in [3.63, 3.8) is 0 Å². The van der Waals surface area contributed by atoms with Gasteiger partial charge in [-0.05, 0) is 55.3 Å². The van der Waals surface area contributed by atoms with Gasteiger partial charge in [0.1, 0.15) is 0 Å². The second-order valence-electron chi connectivity index (χ2n) is 8.41. The van der Waals surface area contributed by atoms with Gasteiger partial charge in [-0.1, -0.05) is 30.7 Å². The SMILES string of the molecule is O=C(C[C@H](c1ccc2c(c1)OCO2)c1c[nH]c2ccccc12)NCCN1CCCCC1. The number of nitrogens with zero attached hydrogens (tertiary/aromatic N) is 1. The zero-order valence-electron chi connectivity index (χ0n) is 17.7.